The summed E-state index contributed by atoms with van der Waals surface area (Å²) in [5, 5.41) is 12.4. The van der Waals surface area contributed by atoms with Crippen LogP contribution in [0.4, 0.5) is 0 Å². The third-order valence-corrected chi connectivity index (χ3v) is 4.90. The van der Waals surface area contributed by atoms with Crippen LogP contribution in [-0.4, -0.2) is 17.1 Å². The van der Waals surface area contributed by atoms with E-state index in [4.69, 9.17) is 5.11 Å². The highest BCUT2D eigenvalue weighted by Crippen LogP contribution is 2.26. The van der Waals surface area contributed by atoms with Crippen LogP contribution in [0.3, 0.4) is 0 Å². The number of thiophene rings is 1. The van der Waals surface area contributed by atoms with Crippen molar-refractivity contribution < 1.29 is 9.90 Å². The Bertz CT molecular complexity index is 396. The molecule has 1 atom stereocenters. The van der Waals surface area contributed by atoms with Gasteiger partial charge in [-0.25, -0.2) is 4.79 Å². The van der Waals surface area contributed by atoms with E-state index in [2.05, 4.69) is 12.2 Å². The summed E-state index contributed by atoms with van der Waals surface area (Å²) >= 11 is 1.37. The molecule has 100 valence electrons. The zero-order valence-corrected chi connectivity index (χ0v) is 11.6. The van der Waals surface area contributed by atoms with Crippen molar-refractivity contribution in [2.24, 2.45) is 5.92 Å². The molecule has 0 bridgehead atoms. The average Bonchev–Trinajstić information content (AvgIpc) is 2.86. The van der Waals surface area contributed by atoms with E-state index in [0.29, 0.717) is 10.9 Å². The molecule has 4 heteroatoms. The second-order valence-electron chi connectivity index (χ2n) is 5.14. The van der Waals surface area contributed by atoms with Gasteiger partial charge in [0.05, 0.1) is 0 Å². The lowest BCUT2D eigenvalue weighted by molar-refractivity contribution is 0.0702. The largest absolute Gasteiger partial charge is 0.477 e. The minimum absolute atomic E-state index is 0.428. The topological polar surface area (TPSA) is 49.3 Å². The Labute approximate surface area is 112 Å². The van der Waals surface area contributed by atoms with Crippen LogP contribution in [0.25, 0.3) is 0 Å². The number of hydrogen-bond acceptors (Lipinski definition) is 3. The van der Waals surface area contributed by atoms with Crippen molar-refractivity contribution in [3.05, 3.63) is 21.9 Å². The molecule has 0 saturated heterocycles. The summed E-state index contributed by atoms with van der Waals surface area (Å²) in [6.45, 7) is 3.04. The van der Waals surface area contributed by atoms with Gasteiger partial charge in [0, 0.05) is 17.5 Å². The zero-order chi connectivity index (χ0) is 13.0. The van der Waals surface area contributed by atoms with Gasteiger partial charge >= 0.3 is 5.97 Å². The lowest BCUT2D eigenvalue weighted by Gasteiger charge is -2.28. The maximum Gasteiger partial charge on any atom is 0.345 e. The van der Waals surface area contributed by atoms with E-state index >= 15 is 0 Å². The Morgan fingerprint density at radius 3 is 2.78 bits per heavy atom. The minimum Gasteiger partial charge on any atom is -0.477 e. The van der Waals surface area contributed by atoms with Crippen molar-refractivity contribution in [2.75, 3.05) is 0 Å². The van der Waals surface area contributed by atoms with Crippen LogP contribution < -0.4 is 5.32 Å². The van der Waals surface area contributed by atoms with Gasteiger partial charge in [0.25, 0.3) is 0 Å². The molecule has 1 saturated carbocycles. The average molecular weight is 267 g/mol. The first-order valence-corrected chi connectivity index (χ1v) is 7.54. The summed E-state index contributed by atoms with van der Waals surface area (Å²) in [6, 6.07) is 4.13. The van der Waals surface area contributed by atoms with Gasteiger partial charge in [-0.3, -0.25) is 0 Å². The van der Waals surface area contributed by atoms with E-state index in [9.17, 15) is 4.79 Å². The summed E-state index contributed by atoms with van der Waals surface area (Å²) in [5.74, 6) is -0.0377. The van der Waals surface area contributed by atoms with Gasteiger partial charge in [-0.1, -0.05) is 19.3 Å². The van der Waals surface area contributed by atoms with Gasteiger partial charge < -0.3 is 10.4 Å². The maximum atomic E-state index is 10.8. The van der Waals surface area contributed by atoms with Crippen molar-refractivity contribution >= 4 is 17.3 Å². The molecule has 1 unspecified atom stereocenters. The molecule has 0 aliphatic heterocycles. The van der Waals surface area contributed by atoms with Gasteiger partial charge in [0.1, 0.15) is 4.88 Å². The van der Waals surface area contributed by atoms with E-state index < -0.39 is 5.97 Å². The van der Waals surface area contributed by atoms with Crippen molar-refractivity contribution in [3.63, 3.8) is 0 Å². The second kappa shape index (κ2) is 6.34. The van der Waals surface area contributed by atoms with Crippen LogP contribution in [0.1, 0.15) is 53.6 Å². The van der Waals surface area contributed by atoms with Crippen LogP contribution in [0, 0.1) is 5.92 Å². The molecule has 1 aliphatic rings. The highest BCUT2D eigenvalue weighted by atomic mass is 32.1. The van der Waals surface area contributed by atoms with Crippen molar-refractivity contribution in [3.8, 4) is 0 Å². The summed E-state index contributed by atoms with van der Waals surface area (Å²) in [4.78, 5) is 12.3. The Morgan fingerprint density at radius 1 is 1.44 bits per heavy atom. The number of nitrogens with one attached hydrogen (secondary N) is 1. The Kier molecular flexibility index (Phi) is 4.78. The van der Waals surface area contributed by atoms with Gasteiger partial charge in [0.2, 0.25) is 0 Å². The molecule has 1 heterocycles. The Hall–Kier alpha value is -0.870. The summed E-state index contributed by atoms with van der Waals surface area (Å²) in [7, 11) is 0. The predicted molar refractivity (Wildman–Crippen MR) is 74.2 cm³/mol. The first-order chi connectivity index (χ1) is 8.66. The van der Waals surface area contributed by atoms with E-state index in [1.807, 2.05) is 6.07 Å². The van der Waals surface area contributed by atoms with Gasteiger partial charge in [-0.15, -0.1) is 11.3 Å². The fraction of sp³-hybridized carbons (Fsp3) is 0.643. The minimum atomic E-state index is -0.827. The van der Waals surface area contributed by atoms with Crippen LogP contribution in [0.2, 0.25) is 0 Å². The van der Waals surface area contributed by atoms with Crippen LogP contribution in [-0.2, 0) is 6.54 Å². The number of carboxylic acids is 1. The van der Waals surface area contributed by atoms with Crippen molar-refractivity contribution in [1.82, 2.24) is 5.32 Å². The highest BCUT2D eigenvalue weighted by molar-refractivity contribution is 7.13. The second-order valence-corrected chi connectivity index (χ2v) is 6.31. The van der Waals surface area contributed by atoms with Gasteiger partial charge in [-0.2, -0.15) is 0 Å². The summed E-state index contributed by atoms with van der Waals surface area (Å²) in [6.07, 6.45) is 6.77. The molecule has 1 aromatic heterocycles. The third-order valence-electron chi connectivity index (χ3n) is 3.83. The normalized spacial score (nSPS) is 18.7. The first kappa shape index (κ1) is 13.6. The molecule has 0 aromatic carbocycles. The lowest BCUT2D eigenvalue weighted by atomic mass is 9.84. The fourth-order valence-corrected chi connectivity index (χ4v) is 3.45. The summed E-state index contributed by atoms with van der Waals surface area (Å²) < 4.78 is 0. The molecule has 0 radical (unpaired) electrons. The van der Waals surface area contributed by atoms with E-state index in [0.717, 1.165) is 17.3 Å². The number of aromatic carboxylic acids is 1. The molecular weight excluding hydrogens is 246 g/mol. The van der Waals surface area contributed by atoms with Crippen molar-refractivity contribution in [2.45, 2.75) is 51.6 Å². The molecule has 3 nitrogen and oxygen atoms in total. The fourth-order valence-electron chi connectivity index (χ4n) is 2.65. The van der Waals surface area contributed by atoms with E-state index in [-0.39, 0.29) is 0 Å². The highest BCUT2D eigenvalue weighted by Gasteiger charge is 2.19. The van der Waals surface area contributed by atoms with Crippen LogP contribution in [0.15, 0.2) is 12.1 Å². The molecule has 2 rings (SSSR count). The monoisotopic (exact) mass is 267 g/mol. The molecular formula is C14H21NO2S. The predicted octanol–water partition coefficient (Wildman–Crippen LogP) is 3.50. The molecule has 0 amide bonds. The number of carbonyl (C=O) groups is 1. The molecule has 18 heavy (non-hydrogen) atoms. The van der Waals surface area contributed by atoms with Gasteiger partial charge in [0.15, 0.2) is 0 Å². The smallest absolute Gasteiger partial charge is 0.345 e. The molecule has 1 fully saturated rings. The number of hydrogen-bond donors (Lipinski definition) is 2. The Morgan fingerprint density at radius 2 is 2.17 bits per heavy atom. The molecule has 1 aromatic rings. The standard InChI is InChI=1S/C14H21NO2S/c1-10(11-5-3-2-4-6-11)15-9-12-7-8-13(18-12)14(16)17/h7-8,10-11,15H,2-6,9H2,1H3,(H,16,17). The number of rotatable bonds is 5. The quantitative estimate of drug-likeness (QED) is 0.858. The Balaban J connectivity index is 1.80. The first-order valence-electron chi connectivity index (χ1n) is 6.72. The molecule has 0 spiro atoms. The third kappa shape index (κ3) is 3.56. The van der Waals surface area contributed by atoms with Crippen molar-refractivity contribution in [1.29, 1.82) is 0 Å². The van der Waals surface area contributed by atoms with Gasteiger partial charge in [-0.05, 0) is 37.8 Å². The SMILES string of the molecule is CC(NCc1ccc(C(=O)O)s1)C1CCCCC1. The maximum absolute atomic E-state index is 10.8. The molecule has 1 aliphatic carbocycles. The number of carboxylic acid groups (broad SMARTS) is 1. The lowest BCUT2D eigenvalue weighted by Crippen LogP contribution is -2.33. The van der Waals surface area contributed by atoms with Crippen LogP contribution in [0.5, 0.6) is 0 Å². The van der Waals surface area contributed by atoms with E-state index in [1.54, 1.807) is 6.07 Å². The summed E-state index contributed by atoms with van der Waals surface area (Å²) in [5.41, 5.74) is 0. The molecule has 2 N–H and O–H groups in total. The van der Waals surface area contributed by atoms with E-state index in [1.165, 1.54) is 43.4 Å². The zero-order valence-electron chi connectivity index (χ0n) is 10.8. The van der Waals surface area contributed by atoms with Crippen LogP contribution >= 0.6 is 11.3 Å².